The van der Waals surface area contributed by atoms with Gasteiger partial charge in [-0.15, -0.1) is 0 Å². The predicted octanol–water partition coefficient (Wildman–Crippen LogP) is 3.47. The maximum Gasteiger partial charge on any atom is 0.319 e. The summed E-state index contributed by atoms with van der Waals surface area (Å²) in [5.74, 6) is -1.07. The smallest absolute Gasteiger partial charge is 0.319 e. The van der Waals surface area contributed by atoms with E-state index in [2.05, 4.69) is 18.0 Å². The minimum absolute atomic E-state index is 0.0266. The zero-order valence-corrected chi connectivity index (χ0v) is 24.1. The number of amides is 3. The van der Waals surface area contributed by atoms with Crippen LogP contribution in [0.15, 0.2) is 42.7 Å². The van der Waals surface area contributed by atoms with Gasteiger partial charge in [0.25, 0.3) is 0 Å². The normalized spacial score (nSPS) is 22.5. The van der Waals surface area contributed by atoms with E-state index in [1.807, 2.05) is 34.1 Å². The number of carbonyl (C=O) groups excluding carboxylic acids is 2. The lowest BCUT2D eigenvalue weighted by Crippen LogP contribution is -2.50. The Morgan fingerprint density at radius 2 is 2.07 bits per heavy atom. The summed E-state index contributed by atoms with van der Waals surface area (Å²) in [6.07, 6.45) is 7.35. The van der Waals surface area contributed by atoms with Gasteiger partial charge in [-0.25, -0.2) is 4.79 Å². The van der Waals surface area contributed by atoms with Crippen LogP contribution in [0.1, 0.15) is 49.7 Å². The van der Waals surface area contributed by atoms with Crippen LogP contribution < -0.4 is 9.64 Å². The number of unbranched alkanes of at least 4 members (excludes halogenated alkanes) is 1. The van der Waals surface area contributed by atoms with Crippen molar-refractivity contribution in [2.45, 2.75) is 51.0 Å². The SMILES string of the molecule is CCCCN(C(=O)CN1C[C@H](c2ccc3c(c2)CCO3)[C@@H](C(=O)O)[C@@H]1CCN1CCCN(C)C1=O)c1cccnc1. The van der Waals surface area contributed by atoms with Crippen LogP contribution in [0, 0.1) is 5.92 Å². The molecule has 3 aliphatic heterocycles. The van der Waals surface area contributed by atoms with Crippen molar-refractivity contribution >= 4 is 23.6 Å². The Kier molecular flexibility index (Phi) is 9.07. The van der Waals surface area contributed by atoms with Crippen molar-refractivity contribution in [2.75, 3.05) is 57.8 Å². The van der Waals surface area contributed by atoms with Crippen LogP contribution in [-0.4, -0.2) is 102 Å². The standard InChI is InChI=1S/C31H41N5O5/c1-3-4-15-36(24-7-5-12-32-19-24)28(37)21-35-20-25(22-8-9-27-23(18-22)11-17-41-27)29(30(38)39)26(35)10-16-34-14-6-13-33(2)31(34)40/h5,7-9,12,18-19,25-26,29H,3-4,6,10-11,13-17,20-21H2,1-2H3,(H,38,39)/t25-,26+,29-/m1/s1. The maximum atomic E-state index is 13.8. The molecule has 0 aliphatic carbocycles. The van der Waals surface area contributed by atoms with Gasteiger partial charge >= 0.3 is 12.0 Å². The first-order valence-corrected chi connectivity index (χ1v) is 14.8. The topological polar surface area (TPSA) is 107 Å². The Hall–Kier alpha value is -3.66. The molecule has 10 heteroatoms. The first-order chi connectivity index (χ1) is 19.9. The summed E-state index contributed by atoms with van der Waals surface area (Å²) >= 11 is 0. The first-order valence-electron chi connectivity index (χ1n) is 14.8. The van der Waals surface area contributed by atoms with E-state index < -0.39 is 17.9 Å². The number of aliphatic carboxylic acids is 1. The van der Waals surface area contributed by atoms with E-state index in [0.717, 1.165) is 54.8 Å². The molecule has 41 heavy (non-hydrogen) atoms. The average Bonchev–Trinajstić information content (AvgIpc) is 3.59. The van der Waals surface area contributed by atoms with E-state index in [0.29, 0.717) is 39.2 Å². The lowest BCUT2D eigenvalue weighted by atomic mass is 9.83. The molecule has 0 bridgehead atoms. The van der Waals surface area contributed by atoms with Crippen molar-refractivity contribution in [1.82, 2.24) is 19.7 Å². The van der Waals surface area contributed by atoms with Crippen LogP contribution in [0.25, 0.3) is 0 Å². The van der Waals surface area contributed by atoms with Gasteiger partial charge in [-0.05, 0) is 48.6 Å². The molecule has 0 saturated carbocycles. The number of pyridine rings is 1. The zero-order chi connectivity index (χ0) is 28.9. The number of hydrogen-bond acceptors (Lipinski definition) is 6. The number of urea groups is 1. The van der Waals surface area contributed by atoms with Gasteiger partial charge in [0.1, 0.15) is 5.75 Å². The highest BCUT2D eigenvalue weighted by molar-refractivity contribution is 5.94. The highest BCUT2D eigenvalue weighted by Gasteiger charge is 2.47. The van der Waals surface area contributed by atoms with Gasteiger partial charge < -0.3 is 24.5 Å². The molecule has 0 radical (unpaired) electrons. The lowest BCUT2D eigenvalue weighted by Gasteiger charge is -2.35. The summed E-state index contributed by atoms with van der Waals surface area (Å²) in [6.45, 7) is 5.69. The number of nitrogens with zero attached hydrogens (tertiary/aromatic N) is 5. The Balaban J connectivity index is 1.42. The lowest BCUT2D eigenvalue weighted by molar-refractivity contribution is -0.143. The second kappa shape index (κ2) is 12.9. The number of benzene rings is 1. The van der Waals surface area contributed by atoms with Gasteiger partial charge in [-0.3, -0.25) is 19.5 Å². The Labute approximate surface area is 241 Å². The number of rotatable bonds is 11. The van der Waals surface area contributed by atoms with E-state index in [4.69, 9.17) is 4.74 Å². The van der Waals surface area contributed by atoms with Crippen LogP contribution in [0.3, 0.4) is 0 Å². The van der Waals surface area contributed by atoms with Crippen molar-refractivity contribution in [2.24, 2.45) is 5.92 Å². The summed E-state index contributed by atoms with van der Waals surface area (Å²) < 4.78 is 5.69. The summed E-state index contributed by atoms with van der Waals surface area (Å²) in [7, 11) is 1.80. The molecule has 0 unspecified atom stereocenters. The highest BCUT2D eigenvalue weighted by atomic mass is 16.5. The van der Waals surface area contributed by atoms with E-state index in [1.165, 1.54) is 0 Å². The van der Waals surface area contributed by atoms with E-state index in [1.54, 1.807) is 29.2 Å². The van der Waals surface area contributed by atoms with Crippen LogP contribution in [0.4, 0.5) is 10.5 Å². The molecule has 5 rings (SSSR count). The van der Waals surface area contributed by atoms with Crippen molar-refractivity contribution < 1.29 is 24.2 Å². The van der Waals surface area contributed by atoms with Crippen LogP contribution in [0.5, 0.6) is 5.75 Å². The Bertz CT molecular complexity index is 1240. The molecule has 4 heterocycles. The Morgan fingerprint density at radius 3 is 2.83 bits per heavy atom. The summed E-state index contributed by atoms with van der Waals surface area (Å²) in [5.41, 5.74) is 2.81. The van der Waals surface area contributed by atoms with E-state index in [-0.39, 0.29) is 24.4 Å². The van der Waals surface area contributed by atoms with Crippen molar-refractivity contribution in [3.63, 3.8) is 0 Å². The summed E-state index contributed by atoms with van der Waals surface area (Å²) in [4.78, 5) is 51.1. The predicted molar refractivity (Wildman–Crippen MR) is 155 cm³/mol. The van der Waals surface area contributed by atoms with Gasteiger partial charge in [0, 0.05) is 64.3 Å². The number of carboxylic acids is 1. The molecule has 2 fully saturated rings. The fraction of sp³-hybridized carbons (Fsp3) is 0.548. The molecule has 3 aliphatic rings. The third kappa shape index (κ3) is 6.32. The quantitative estimate of drug-likeness (QED) is 0.446. The second-order valence-corrected chi connectivity index (χ2v) is 11.4. The monoisotopic (exact) mass is 563 g/mol. The number of aromatic nitrogens is 1. The van der Waals surface area contributed by atoms with Crippen LogP contribution >= 0.6 is 0 Å². The maximum absolute atomic E-state index is 13.8. The number of carboxylic acid groups (broad SMARTS) is 1. The third-order valence-electron chi connectivity index (χ3n) is 8.72. The number of hydrogen-bond donors (Lipinski definition) is 1. The van der Waals surface area contributed by atoms with Crippen LogP contribution in [-0.2, 0) is 16.0 Å². The van der Waals surface area contributed by atoms with Gasteiger partial charge in [0.05, 0.1) is 31.0 Å². The fourth-order valence-electron chi connectivity index (χ4n) is 6.54. The molecule has 1 aromatic heterocycles. The number of fused-ring (bicyclic) bond motifs is 1. The number of ether oxygens (including phenoxy) is 1. The third-order valence-corrected chi connectivity index (χ3v) is 8.72. The molecular weight excluding hydrogens is 522 g/mol. The van der Waals surface area contributed by atoms with Gasteiger partial charge in [0.2, 0.25) is 5.91 Å². The first kappa shape index (κ1) is 28.9. The summed E-state index contributed by atoms with van der Waals surface area (Å²) in [6, 6.07) is 9.28. The van der Waals surface area contributed by atoms with Gasteiger partial charge in [-0.2, -0.15) is 0 Å². The van der Waals surface area contributed by atoms with Crippen molar-refractivity contribution in [3.8, 4) is 5.75 Å². The van der Waals surface area contributed by atoms with Crippen molar-refractivity contribution in [1.29, 1.82) is 0 Å². The van der Waals surface area contributed by atoms with Gasteiger partial charge in [-0.1, -0.05) is 25.5 Å². The van der Waals surface area contributed by atoms with E-state index in [9.17, 15) is 19.5 Å². The fourth-order valence-corrected chi connectivity index (χ4v) is 6.54. The highest BCUT2D eigenvalue weighted by Crippen LogP contribution is 2.41. The molecular formula is C31H41N5O5. The van der Waals surface area contributed by atoms with Crippen LogP contribution in [0.2, 0.25) is 0 Å². The second-order valence-electron chi connectivity index (χ2n) is 11.4. The summed E-state index contributed by atoms with van der Waals surface area (Å²) in [5, 5.41) is 10.6. The Morgan fingerprint density at radius 1 is 1.22 bits per heavy atom. The molecule has 0 spiro atoms. The zero-order valence-electron chi connectivity index (χ0n) is 24.1. The minimum atomic E-state index is -0.871. The molecule has 1 N–H and O–H groups in total. The van der Waals surface area contributed by atoms with E-state index >= 15 is 0 Å². The molecule has 3 atom stereocenters. The van der Waals surface area contributed by atoms with Crippen molar-refractivity contribution in [3.05, 3.63) is 53.9 Å². The molecule has 2 aromatic rings. The molecule has 3 amide bonds. The minimum Gasteiger partial charge on any atom is -0.493 e. The number of likely N-dealkylation sites (tertiary alicyclic amines) is 1. The number of carbonyl (C=O) groups is 3. The molecule has 10 nitrogen and oxygen atoms in total. The molecule has 1 aromatic carbocycles. The molecule has 220 valence electrons. The van der Waals surface area contributed by atoms with Gasteiger partial charge in [0.15, 0.2) is 0 Å². The number of anilines is 1. The average molecular weight is 564 g/mol. The molecule has 2 saturated heterocycles. The largest absolute Gasteiger partial charge is 0.493 e.